The van der Waals surface area contributed by atoms with Gasteiger partial charge < -0.3 is 0 Å². The zero-order chi connectivity index (χ0) is 20.3. The molecule has 2 aromatic heterocycles. The van der Waals surface area contributed by atoms with Crippen molar-refractivity contribution < 1.29 is 4.79 Å². The molecule has 30 heavy (non-hydrogen) atoms. The van der Waals surface area contributed by atoms with E-state index in [0.717, 1.165) is 27.9 Å². The average molecular weight is 428 g/mol. The molecule has 6 heteroatoms. The molecule has 0 unspecified atom stereocenters. The van der Waals surface area contributed by atoms with Gasteiger partial charge in [0.1, 0.15) is 0 Å². The standard InChI is InChI=1S/C24H17N3OS2/c28-23(19-10-11-20-22(13-19)30-15-25-20)27-24-26-21(14-29-24)18-8-6-17(7-9-18)12-16-4-2-1-3-5-16/h1-11,13-15H,12H2,(H,26,27,28). The van der Waals surface area contributed by atoms with Crippen LogP contribution in [0.25, 0.3) is 21.5 Å². The maximum atomic E-state index is 12.6. The molecule has 1 N–H and O–H groups in total. The molecule has 0 saturated heterocycles. The monoisotopic (exact) mass is 427 g/mol. The van der Waals surface area contributed by atoms with Gasteiger partial charge in [0.25, 0.3) is 5.91 Å². The van der Waals surface area contributed by atoms with Gasteiger partial charge in [0.15, 0.2) is 5.13 Å². The zero-order valence-electron chi connectivity index (χ0n) is 15.9. The van der Waals surface area contributed by atoms with Crippen molar-refractivity contribution in [3.8, 4) is 11.3 Å². The van der Waals surface area contributed by atoms with Crippen LogP contribution in [0, 0.1) is 0 Å². The zero-order valence-corrected chi connectivity index (χ0v) is 17.5. The fraction of sp³-hybridized carbons (Fsp3) is 0.0417. The van der Waals surface area contributed by atoms with Crippen LogP contribution < -0.4 is 5.32 Å². The fourth-order valence-corrected chi connectivity index (χ4v) is 4.69. The van der Waals surface area contributed by atoms with E-state index < -0.39 is 0 Å². The Balaban J connectivity index is 1.28. The lowest BCUT2D eigenvalue weighted by Crippen LogP contribution is -2.11. The van der Waals surface area contributed by atoms with Gasteiger partial charge in [0, 0.05) is 16.5 Å². The Hall–Kier alpha value is -3.35. The van der Waals surface area contributed by atoms with Crippen LogP contribution in [-0.2, 0) is 6.42 Å². The number of rotatable bonds is 5. The van der Waals surface area contributed by atoms with E-state index in [1.165, 1.54) is 33.8 Å². The number of nitrogens with zero attached hydrogens (tertiary/aromatic N) is 2. The van der Waals surface area contributed by atoms with Crippen LogP contribution in [0.3, 0.4) is 0 Å². The molecule has 5 rings (SSSR count). The molecular weight excluding hydrogens is 410 g/mol. The van der Waals surface area contributed by atoms with E-state index in [-0.39, 0.29) is 5.91 Å². The third kappa shape index (κ3) is 4.01. The molecule has 0 radical (unpaired) electrons. The molecule has 4 nitrogen and oxygen atoms in total. The van der Waals surface area contributed by atoms with Crippen molar-refractivity contribution in [1.29, 1.82) is 0 Å². The maximum Gasteiger partial charge on any atom is 0.257 e. The number of thiazole rings is 2. The fourth-order valence-electron chi connectivity index (χ4n) is 3.25. The first-order valence-electron chi connectivity index (χ1n) is 9.48. The Morgan fingerprint density at radius 2 is 1.70 bits per heavy atom. The third-order valence-corrected chi connectivity index (χ3v) is 6.37. The molecule has 0 aliphatic rings. The van der Waals surface area contributed by atoms with Gasteiger partial charge in [-0.15, -0.1) is 22.7 Å². The van der Waals surface area contributed by atoms with Gasteiger partial charge in [0.2, 0.25) is 0 Å². The van der Waals surface area contributed by atoms with Crippen molar-refractivity contribution in [2.45, 2.75) is 6.42 Å². The lowest BCUT2D eigenvalue weighted by Gasteiger charge is -2.04. The Labute approximate surface area is 181 Å². The molecule has 0 spiro atoms. The number of benzene rings is 3. The van der Waals surface area contributed by atoms with E-state index >= 15 is 0 Å². The van der Waals surface area contributed by atoms with E-state index in [2.05, 4.69) is 63.8 Å². The molecule has 0 bridgehead atoms. The minimum Gasteiger partial charge on any atom is -0.298 e. The van der Waals surface area contributed by atoms with Crippen molar-refractivity contribution >= 4 is 43.9 Å². The molecule has 2 heterocycles. The second-order valence-corrected chi connectivity index (χ2v) is 8.63. The minimum atomic E-state index is -0.163. The van der Waals surface area contributed by atoms with Crippen LogP contribution in [0.2, 0.25) is 0 Å². The van der Waals surface area contributed by atoms with E-state index in [4.69, 9.17) is 0 Å². The highest BCUT2D eigenvalue weighted by molar-refractivity contribution is 7.16. The molecule has 146 valence electrons. The third-order valence-electron chi connectivity index (χ3n) is 4.82. The van der Waals surface area contributed by atoms with Crippen LogP contribution in [0.5, 0.6) is 0 Å². The molecule has 0 aliphatic carbocycles. The molecule has 1 amide bonds. The Bertz CT molecular complexity index is 1310. The summed E-state index contributed by atoms with van der Waals surface area (Å²) in [5, 5.41) is 5.46. The quantitative estimate of drug-likeness (QED) is 0.360. The lowest BCUT2D eigenvalue weighted by molar-refractivity contribution is 0.102. The highest BCUT2D eigenvalue weighted by atomic mass is 32.1. The Kier molecular flexibility index (Phi) is 5.09. The number of hydrogen-bond acceptors (Lipinski definition) is 5. The highest BCUT2D eigenvalue weighted by Crippen LogP contribution is 2.26. The van der Waals surface area contributed by atoms with Crippen molar-refractivity contribution in [1.82, 2.24) is 9.97 Å². The second kappa shape index (κ2) is 8.18. The van der Waals surface area contributed by atoms with E-state index in [1.807, 2.05) is 23.6 Å². The van der Waals surface area contributed by atoms with E-state index in [0.29, 0.717) is 10.7 Å². The van der Waals surface area contributed by atoms with Gasteiger partial charge >= 0.3 is 0 Å². The molecule has 0 saturated carbocycles. The van der Waals surface area contributed by atoms with Crippen molar-refractivity contribution in [2.24, 2.45) is 0 Å². The second-order valence-electron chi connectivity index (χ2n) is 6.89. The summed E-state index contributed by atoms with van der Waals surface area (Å²) in [6.07, 6.45) is 0.906. The Morgan fingerprint density at radius 1 is 0.900 bits per heavy atom. The predicted octanol–water partition coefficient (Wildman–Crippen LogP) is 6.26. The smallest absolute Gasteiger partial charge is 0.257 e. The normalized spacial score (nSPS) is 10.9. The van der Waals surface area contributed by atoms with Gasteiger partial charge in [0.05, 0.1) is 21.4 Å². The summed E-state index contributed by atoms with van der Waals surface area (Å²) in [5.41, 5.74) is 7.74. The number of anilines is 1. The summed E-state index contributed by atoms with van der Waals surface area (Å²) >= 11 is 2.95. The van der Waals surface area contributed by atoms with Crippen molar-refractivity contribution in [2.75, 3.05) is 5.32 Å². The number of hydrogen-bond donors (Lipinski definition) is 1. The first-order chi connectivity index (χ1) is 14.7. The van der Waals surface area contributed by atoms with Gasteiger partial charge in [-0.2, -0.15) is 0 Å². The number of amides is 1. The molecule has 5 aromatic rings. The molecule has 3 aromatic carbocycles. The van der Waals surface area contributed by atoms with Gasteiger partial charge in [-0.1, -0.05) is 54.6 Å². The van der Waals surface area contributed by atoms with Gasteiger partial charge in [-0.3, -0.25) is 10.1 Å². The minimum absolute atomic E-state index is 0.163. The SMILES string of the molecule is O=C(Nc1nc(-c2ccc(Cc3ccccc3)cc2)cs1)c1ccc2ncsc2c1. The Morgan fingerprint density at radius 3 is 2.53 bits per heavy atom. The van der Waals surface area contributed by atoms with Crippen LogP contribution in [-0.4, -0.2) is 15.9 Å². The summed E-state index contributed by atoms with van der Waals surface area (Å²) < 4.78 is 0.998. The lowest BCUT2D eigenvalue weighted by atomic mass is 10.0. The summed E-state index contributed by atoms with van der Waals surface area (Å²) in [7, 11) is 0. The number of fused-ring (bicyclic) bond motifs is 1. The number of nitrogens with one attached hydrogen (secondary N) is 1. The van der Waals surface area contributed by atoms with Crippen LogP contribution in [0.1, 0.15) is 21.5 Å². The maximum absolute atomic E-state index is 12.6. The average Bonchev–Trinajstić information content (AvgIpc) is 3.44. The van der Waals surface area contributed by atoms with Crippen LogP contribution in [0.15, 0.2) is 83.7 Å². The topological polar surface area (TPSA) is 54.9 Å². The molecular formula is C24H17N3OS2. The molecule has 0 atom stereocenters. The molecule has 0 fully saturated rings. The van der Waals surface area contributed by atoms with Crippen LogP contribution >= 0.6 is 22.7 Å². The first-order valence-corrected chi connectivity index (χ1v) is 11.2. The highest BCUT2D eigenvalue weighted by Gasteiger charge is 2.11. The van der Waals surface area contributed by atoms with Crippen molar-refractivity contribution in [3.63, 3.8) is 0 Å². The summed E-state index contributed by atoms with van der Waals surface area (Å²) in [6.45, 7) is 0. The summed E-state index contributed by atoms with van der Waals surface area (Å²) in [6, 6.07) is 24.4. The van der Waals surface area contributed by atoms with Crippen molar-refractivity contribution in [3.05, 3.63) is 100 Å². The van der Waals surface area contributed by atoms with E-state index in [1.54, 1.807) is 11.6 Å². The van der Waals surface area contributed by atoms with Crippen LogP contribution in [0.4, 0.5) is 5.13 Å². The van der Waals surface area contributed by atoms with Gasteiger partial charge in [-0.25, -0.2) is 9.97 Å². The van der Waals surface area contributed by atoms with Gasteiger partial charge in [-0.05, 0) is 35.7 Å². The first kappa shape index (κ1) is 18.7. The summed E-state index contributed by atoms with van der Waals surface area (Å²) in [4.78, 5) is 21.4. The number of carbonyl (C=O) groups excluding carboxylic acids is 1. The number of aromatic nitrogens is 2. The summed E-state index contributed by atoms with van der Waals surface area (Å²) in [5.74, 6) is -0.163. The number of carbonyl (C=O) groups is 1. The molecule has 0 aliphatic heterocycles. The van der Waals surface area contributed by atoms with E-state index in [9.17, 15) is 4.79 Å². The largest absolute Gasteiger partial charge is 0.298 e. The predicted molar refractivity (Wildman–Crippen MR) is 124 cm³/mol.